The van der Waals surface area contributed by atoms with Gasteiger partial charge in [-0.2, -0.15) is 10.1 Å². The maximum Gasteiger partial charge on any atom is 0.257 e. The average molecular weight is 410 g/mol. The summed E-state index contributed by atoms with van der Waals surface area (Å²) in [7, 11) is 0. The number of nitrogens with one attached hydrogen (secondary N) is 1. The van der Waals surface area contributed by atoms with Crippen molar-refractivity contribution in [3.63, 3.8) is 0 Å². The molecule has 1 amide bonds. The first kappa shape index (κ1) is 20.0. The summed E-state index contributed by atoms with van der Waals surface area (Å²) in [6.07, 6.45) is 2.58. The largest absolute Gasteiger partial charge is 0.391 e. The lowest BCUT2D eigenvalue weighted by Gasteiger charge is -2.14. The standard InChI is InChI=1S/C21H23FN6O2/c1-12-6-13(2)8-15(7-12)24-21-23-9-18(22)19(25-21)28-11-17(14(3)26-28)20(30)27-5-4-16(29)10-27/h6-9,11,16,29H,4-5,10H2,1-3H3,(H,23,24,25)/t16-/m1/s1. The Bertz CT molecular complexity index is 1090. The lowest BCUT2D eigenvalue weighted by Crippen LogP contribution is -2.29. The summed E-state index contributed by atoms with van der Waals surface area (Å²) in [5.41, 5.74) is 3.77. The number of nitrogens with zero attached hydrogens (tertiary/aromatic N) is 5. The quantitative estimate of drug-likeness (QED) is 0.687. The fourth-order valence-electron chi connectivity index (χ4n) is 3.63. The van der Waals surface area contributed by atoms with Crippen LogP contribution in [-0.4, -0.2) is 54.9 Å². The van der Waals surface area contributed by atoms with Gasteiger partial charge in [0.15, 0.2) is 11.6 Å². The van der Waals surface area contributed by atoms with E-state index in [-0.39, 0.29) is 24.2 Å². The number of benzene rings is 1. The van der Waals surface area contributed by atoms with Gasteiger partial charge in [0.05, 0.1) is 23.6 Å². The Morgan fingerprint density at radius 2 is 1.97 bits per heavy atom. The van der Waals surface area contributed by atoms with E-state index in [9.17, 15) is 14.3 Å². The zero-order valence-corrected chi connectivity index (χ0v) is 17.1. The van der Waals surface area contributed by atoms with Crippen molar-refractivity contribution in [2.24, 2.45) is 0 Å². The highest BCUT2D eigenvalue weighted by Gasteiger charge is 2.28. The van der Waals surface area contributed by atoms with Gasteiger partial charge in [-0.3, -0.25) is 4.79 Å². The SMILES string of the molecule is Cc1cc(C)cc(Nc2ncc(F)c(-n3cc(C(=O)N4CC[C@@H](O)C4)c(C)n3)n2)c1. The summed E-state index contributed by atoms with van der Waals surface area (Å²) in [5.74, 6) is -0.724. The molecule has 0 unspecified atom stereocenters. The van der Waals surface area contributed by atoms with Crippen LogP contribution < -0.4 is 5.32 Å². The third-order valence-corrected chi connectivity index (χ3v) is 5.00. The predicted octanol–water partition coefficient (Wildman–Crippen LogP) is 2.68. The molecule has 1 aliphatic rings. The van der Waals surface area contributed by atoms with Crippen molar-refractivity contribution in [2.75, 3.05) is 18.4 Å². The minimum absolute atomic E-state index is 0.0551. The number of likely N-dealkylation sites (tertiary alicyclic amines) is 1. The number of rotatable bonds is 4. The maximum absolute atomic E-state index is 14.5. The highest BCUT2D eigenvalue weighted by atomic mass is 19.1. The minimum atomic E-state index is -0.654. The van der Waals surface area contributed by atoms with Crippen LogP contribution in [0.3, 0.4) is 0 Å². The summed E-state index contributed by atoms with van der Waals surface area (Å²) in [4.78, 5) is 22.6. The Balaban J connectivity index is 1.62. The van der Waals surface area contributed by atoms with Gasteiger partial charge in [0.1, 0.15) is 0 Å². The highest BCUT2D eigenvalue weighted by Crippen LogP contribution is 2.21. The summed E-state index contributed by atoms with van der Waals surface area (Å²) in [6.45, 7) is 6.43. The molecule has 3 heterocycles. The second kappa shape index (κ2) is 7.83. The molecular formula is C21H23FN6O2. The molecule has 9 heteroatoms. The highest BCUT2D eigenvalue weighted by molar-refractivity contribution is 5.95. The summed E-state index contributed by atoms with van der Waals surface area (Å²) < 4.78 is 15.7. The number of β-amino-alcohol motifs (C(OH)–C–C–N with tert-alkyl or cyclic N) is 1. The lowest BCUT2D eigenvalue weighted by molar-refractivity contribution is 0.0764. The summed E-state index contributed by atoms with van der Waals surface area (Å²) in [5, 5.41) is 17.0. The normalized spacial score (nSPS) is 16.2. The van der Waals surface area contributed by atoms with Gasteiger partial charge in [-0.15, -0.1) is 0 Å². The van der Waals surface area contributed by atoms with Crippen molar-refractivity contribution >= 4 is 17.5 Å². The topological polar surface area (TPSA) is 96.2 Å². The van der Waals surface area contributed by atoms with Crippen LogP contribution in [0.4, 0.5) is 16.0 Å². The number of anilines is 2. The van der Waals surface area contributed by atoms with Crippen LogP contribution in [0.1, 0.15) is 33.6 Å². The fraction of sp³-hybridized carbons (Fsp3) is 0.333. The molecule has 30 heavy (non-hydrogen) atoms. The van der Waals surface area contributed by atoms with E-state index in [1.54, 1.807) is 11.8 Å². The third kappa shape index (κ3) is 4.02. The Labute approximate surface area is 173 Å². The van der Waals surface area contributed by atoms with E-state index in [0.717, 1.165) is 23.0 Å². The number of aromatic nitrogens is 4. The van der Waals surface area contributed by atoms with Crippen LogP contribution >= 0.6 is 0 Å². The smallest absolute Gasteiger partial charge is 0.257 e. The van der Waals surface area contributed by atoms with Crippen LogP contribution in [0.15, 0.2) is 30.6 Å². The molecule has 0 bridgehead atoms. The molecule has 1 aromatic carbocycles. The molecular weight excluding hydrogens is 387 g/mol. The molecule has 1 aliphatic heterocycles. The van der Waals surface area contributed by atoms with Crippen LogP contribution in [-0.2, 0) is 0 Å². The Morgan fingerprint density at radius 3 is 2.63 bits per heavy atom. The van der Waals surface area contributed by atoms with Crippen molar-refractivity contribution < 1.29 is 14.3 Å². The monoisotopic (exact) mass is 410 g/mol. The number of aryl methyl sites for hydroxylation is 3. The first-order chi connectivity index (χ1) is 14.3. The second-order valence-electron chi connectivity index (χ2n) is 7.63. The number of aliphatic hydroxyl groups excluding tert-OH is 1. The number of amides is 1. The van der Waals surface area contributed by atoms with Gasteiger partial charge in [0.25, 0.3) is 5.91 Å². The molecule has 4 rings (SSSR count). The first-order valence-electron chi connectivity index (χ1n) is 9.72. The van der Waals surface area contributed by atoms with Crippen molar-refractivity contribution in [3.8, 4) is 5.82 Å². The average Bonchev–Trinajstić information content (AvgIpc) is 3.28. The van der Waals surface area contributed by atoms with Crippen molar-refractivity contribution in [3.05, 3.63) is 58.8 Å². The van der Waals surface area contributed by atoms with E-state index >= 15 is 0 Å². The first-order valence-corrected chi connectivity index (χ1v) is 9.72. The molecule has 2 aromatic heterocycles. The van der Waals surface area contributed by atoms with Gasteiger partial charge in [-0.05, 0) is 50.5 Å². The Kier molecular flexibility index (Phi) is 5.21. The number of carbonyl (C=O) groups is 1. The van der Waals surface area contributed by atoms with Gasteiger partial charge in [0, 0.05) is 25.0 Å². The number of aliphatic hydroxyl groups is 1. The third-order valence-electron chi connectivity index (χ3n) is 5.00. The van der Waals surface area contributed by atoms with E-state index in [2.05, 4.69) is 20.4 Å². The zero-order valence-electron chi connectivity index (χ0n) is 17.1. The van der Waals surface area contributed by atoms with E-state index in [1.807, 2.05) is 32.0 Å². The molecule has 1 atom stereocenters. The summed E-state index contributed by atoms with van der Waals surface area (Å²) >= 11 is 0. The Hall–Kier alpha value is -3.33. The van der Waals surface area contributed by atoms with Gasteiger partial charge in [-0.1, -0.05) is 6.07 Å². The Morgan fingerprint density at radius 1 is 1.23 bits per heavy atom. The predicted molar refractivity (Wildman–Crippen MR) is 110 cm³/mol. The van der Waals surface area contributed by atoms with Crippen LogP contribution in [0.2, 0.25) is 0 Å². The van der Waals surface area contributed by atoms with Gasteiger partial charge < -0.3 is 15.3 Å². The molecule has 8 nitrogen and oxygen atoms in total. The molecule has 0 aliphatic carbocycles. The van der Waals surface area contributed by atoms with Crippen LogP contribution in [0, 0.1) is 26.6 Å². The van der Waals surface area contributed by atoms with Crippen LogP contribution in [0.25, 0.3) is 5.82 Å². The van der Waals surface area contributed by atoms with Crippen molar-refractivity contribution in [2.45, 2.75) is 33.3 Å². The molecule has 0 radical (unpaired) electrons. The van der Waals surface area contributed by atoms with Crippen molar-refractivity contribution in [1.82, 2.24) is 24.6 Å². The van der Waals surface area contributed by atoms with Crippen molar-refractivity contribution in [1.29, 1.82) is 0 Å². The molecule has 3 aromatic rings. The van der Waals surface area contributed by atoms with E-state index < -0.39 is 11.9 Å². The van der Waals surface area contributed by atoms with Gasteiger partial charge in [0.2, 0.25) is 5.95 Å². The lowest BCUT2D eigenvalue weighted by atomic mass is 10.1. The fourth-order valence-corrected chi connectivity index (χ4v) is 3.63. The second-order valence-corrected chi connectivity index (χ2v) is 7.63. The minimum Gasteiger partial charge on any atom is -0.391 e. The number of hydrogen-bond acceptors (Lipinski definition) is 6. The van der Waals surface area contributed by atoms with E-state index in [4.69, 9.17) is 0 Å². The molecule has 2 N–H and O–H groups in total. The maximum atomic E-state index is 14.5. The number of hydrogen-bond donors (Lipinski definition) is 2. The molecule has 1 saturated heterocycles. The molecule has 0 saturated carbocycles. The van der Waals surface area contributed by atoms with E-state index in [0.29, 0.717) is 24.2 Å². The number of halogens is 1. The molecule has 1 fully saturated rings. The number of carbonyl (C=O) groups excluding carboxylic acids is 1. The van der Waals surface area contributed by atoms with E-state index in [1.165, 1.54) is 10.9 Å². The summed E-state index contributed by atoms with van der Waals surface area (Å²) in [6, 6.07) is 5.93. The molecule has 156 valence electrons. The van der Waals surface area contributed by atoms with Crippen LogP contribution in [0.5, 0.6) is 0 Å². The molecule has 0 spiro atoms. The van der Waals surface area contributed by atoms with Gasteiger partial charge >= 0.3 is 0 Å². The zero-order chi connectivity index (χ0) is 21.4. The van der Waals surface area contributed by atoms with Gasteiger partial charge in [-0.25, -0.2) is 14.1 Å².